The zero-order chi connectivity index (χ0) is 14.9. The quantitative estimate of drug-likeness (QED) is 0.614. The number of carbonyl (C=O) groups is 1. The van der Waals surface area contributed by atoms with Crippen LogP contribution >= 0.6 is 0 Å². The first-order valence-electron chi connectivity index (χ1n) is 6.27. The largest absolute Gasteiger partial charge is 0.372 e. The second kappa shape index (κ2) is 5.54. The van der Waals surface area contributed by atoms with Crippen LogP contribution in [0, 0.1) is 15.9 Å². The molecule has 1 amide bonds. The van der Waals surface area contributed by atoms with E-state index in [1.54, 1.807) is 4.90 Å². The number of ether oxygens (including phenoxy) is 1. The van der Waals surface area contributed by atoms with Crippen LogP contribution in [0.1, 0.15) is 24.2 Å². The molecule has 0 saturated carbocycles. The van der Waals surface area contributed by atoms with Crippen LogP contribution in [0.25, 0.3) is 0 Å². The molecular weight excluding hydrogens is 267 g/mol. The van der Waals surface area contributed by atoms with E-state index in [9.17, 15) is 19.3 Å². The minimum absolute atomic E-state index is 0.0920. The summed E-state index contributed by atoms with van der Waals surface area (Å²) < 4.78 is 19.1. The highest BCUT2D eigenvalue weighted by atomic mass is 19.1. The smallest absolute Gasteiger partial charge is 0.304 e. The second-order valence-corrected chi connectivity index (χ2v) is 4.89. The Labute approximate surface area is 115 Å². The summed E-state index contributed by atoms with van der Waals surface area (Å²) in [5, 5.41) is 10.5. The molecular formula is C13H15FN2O4. The van der Waals surface area contributed by atoms with Crippen LogP contribution in [0.3, 0.4) is 0 Å². The Morgan fingerprint density at radius 3 is 2.50 bits per heavy atom. The first-order chi connectivity index (χ1) is 9.38. The predicted molar refractivity (Wildman–Crippen MR) is 69.0 cm³/mol. The fourth-order valence-electron chi connectivity index (χ4n) is 2.31. The zero-order valence-corrected chi connectivity index (χ0v) is 11.2. The van der Waals surface area contributed by atoms with Gasteiger partial charge < -0.3 is 9.64 Å². The molecule has 0 spiro atoms. The van der Waals surface area contributed by atoms with Gasteiger partial charge in [-0.15, -0.1) is 0 Å². The number of amides is 1. The van der Waals surface area contributed by atoms with Gasteiger partial charge in [0, 0.05) is 24.7 Å². The Morgan fingerprint density at radius 2 is 2.00 bits per heavy atom. The number of halogens is 1. The number of nitrogens with zero attached hydrogens (tertiary/aromatic N) is 2. The number of morpholine rings is 1. The third kappa shape index (κ3) is 2.93. The van der Waals surface area contributed by atoms with Crippen LogP contribution in [-0.2, 0) is 4.74 Å². The number of hydrogen-bond donors (Lipinski definition) is 0. The molecule has 2 atom stereocenters. The molecule has 1 aromatic rings. The van der Waals surface area contributed by atoms with Crippen molar-refractivity contribution < 1.29 is 18.8 Å². The summed E-state index contributed by atoms with van der Waals surface area (Å²) in [5.41, 5.74) is -0.528. The lowest BCUT2D eigenvalue weighted by Crippen LogP contribution is -2.48. The molecule has 108 valence electrons. The summed E-state index contributed by atoms with van der Waals surface area (Å²) in [6.45, 7) is 4.54. The molecule has 0 N–H and O–H groups in total. The summed E-state index contributed by atoms with van der Waals surface area (Å²) in [4.78, 5) is 23.6. The number of carbonyl (C=O) groups excluding carboxylic acids is 1. The van der Waals surface area contributed by atoms with Gasteiger partial charge in [-0.1, -0.05) is 0 Å². The van der Waals surface area contributed by atoms with Gasteiger partial charge in [-0.2, -0.15) is 4.39 Å². The maximum atomic E-state index is 13.5. The van der Waals surface area contributed by atoms with E-state index in [4.69, 9.17) is 4.74 Å². The Morgan fingerprint density at radius 1 is 1.40 bits per heavy atom. The molecule has 1 fully saturated rings. The minimum atomic E-state index is -1.00. The van der Waals surface area contributed by atoms with Gasteiger partial charge in [0.1, 0.15) is 0 Å². The molecule has 0 aromatic heterocycles. The number of benzene rings is 1. The van der Waals surface area contributed by atoms with Gasteiger partial charge in [0.05, 0.1) is 17.1 Å². The monoisotopic (exact) mass is 282 g/mol. The van der Waals surface area contributed by atoms with E-state index < -0.39 is 16.4 Å². The van der Waals surface area contributed by atoms with Gasteiger partial charge in [-0.05, 0) is 26.0 Å². The first kappa shape index (κ1) is 14.4. The first-order valence-corrected chi connectivity index (χ1v) is 6.27. The number of nitro groups is 1. The summed E-state index contributed by atoms with van der Waals surface area (Å²) in [6, 6.07) is 3.19. The van der Waals surface area contributed by atoms with Crippen molar-refractivity contribution in [1.82, 2.24) is 4.90 Å². The zero-order valence-electron chi connectivity index (χ0n) is 11.2. The molecule has 0 radical (unpaired) electrons. The van der Waals surface area contributed by atoms with Crippen LogP contribution in [0.15, 0.2) is 18.2 Å². The molecule has 1 aliphatic heterocycles. The highest BCUT2D eigenvalue weighted by molar-refractivity contribution is 5.94. The van der Waals surface area contributed by atoms with Crippen molar-refractivity contribution in [3.05, 3.63) is 39.7 Å². The van der Waals surface area contributed by atoms with Gasteiger partial charge in [0.2, 0.25) is 5.82 Å². The van der Waals surface area contributed by atoms with E-state index in [0.717, 1.165) is 12.1 Å². The standard InChI is InChI=1S/C13H15FN2O4/c1-8-6-15(7-9(2)20-8)13(17)10-3-4-12(16(18)19)11(14)5-10/h3-5,8-9H,6-7H2,1-2H3. The lowest BCUT2D eigenvalue weighted by atomic mass is 10.1. The van der Waals surface area contributed by atoms with Gasteiger partial charge in [0.15, 0.2) is 0 Å². The Kier molecular flexibility index (Phi) is 3.99. The molecule has 1 aliphatic rings. The van der Waals surface area contributed by atoms with Crippen molar-refractivity contribution in [2.75, 3.05) is 13.1 Å². The van der Waals surface area contributed by atoms with E-state index >= 15 is 0 Å². The third-order valence-corrected chi connectivity index (χ3v) is 3.10. The molecule has 1 saturated heterocycles. The highest BCUT2D eigenvalue weighted by Gasteiger charge is 2.27. The summed E-state index contributed by atoms with van der Waals surface area (Å²) in [7, 11) is 0. The van der Waals surface area contributed by atoms with Crippen LogP contribution in [-0.4, -0.2) is 41.0 Å². The molecule has 6 nitrogen and oxygen atoms in total. The maximum absolute atomic E-state index is 13.5. The van der Waals surface area contributed by atoms with Gasteiger partial charge in [0.25, 0.3) is 5.91 Å². The van der Waals surface area contributed by atoms with Gasteiger partial charge in [-0.25, -0.2) is 0 Å². The van der Waals surface area contributed by atoms with E-state index in [-0.39, 0.29) is 23.7 Å². The van der Waals surface area contributed by atoms with Crippen LogP contribution in [0.5, 0.6) is 0 Å². The lowest BCUT2D eigenvalue weighted by molar-refractivity contribution is -0.387. The second-order valence-electron chi connectivity index (χ2n) is 4.89. The van der Waals surface area contributed by atoms with Crippen LogP contribution in [0.2, 0.25) is 0 Å². The van der Waals surface area contributed by atoms with Crippen LogP contribution < -0.4 is 0 Å². The molecule has 0 aliphatic carbocycles. The normalized spacial score (nSPS) is 22.6. The Balaban J connectivity index is 2.21. The van der Waals surface area contributed by atoms with Crippen molar-refractivity contribution in [3.8, 4) is 0 Å². The maximum Gasteiger partial charge on any atom is 0.304 e. The van der Waals surface area contributed by atoms with Gasteiger partial charge in [-0.3, -0.25) is 14.9 Å². The van der Waals surface area contributed by atoms with Crippen molar-refractivity contribution in [1.29, 1.82) is 0 Å². The number of hydrogen-bond acceptors (Lipinski definition) is 4. The molecule has 0 bridgehead atoms. The summed E-state index contributed by atoms with van der Waals surface area (Å²) in [5.74, 6) is -1.35. The van der Waals surface area contributed by atoms with Crippen molar-refractivity contribution >= 4 is 11.6 Å². The van der Waals surface area contributed by atoms with Crippen molar-refractivity contribution in [3.63, 3.8) is 0 Å². The number of rotatable bonds is 2. The molecule has 1 heterocycles. The van der Waals surface area contributed by atoms with Crippen LogP contribution in [0.4, 0.5) is 10.1 Å². The van der Waals surface area contributed by atoms with Gasteiger partial charge >= 0.3 is 5.69 Å². The van der Waals surface area contributed by atoms with Crippen molar-refractivity contribution in [2.45, 2.75) is 26.1 Å². The lowest BCUT2D eigenvalue weighted by Gasteiger charge is -2.35. The fourth-order valence-corrected chi connectivity index (χ4v) is 2.31. The Bertz CT molecular complexity index is 539. The molecule has 1 aromatic carbocycles. The summed E-state index contributed by atoms with van der Waals surface area (Å²) >= 11 is 0. The fraction of sp³-hybridized carbons (Fsp3) is 0.462. The minimum Gasteiger partial charge on any atom is -0.372 e. The molecule has 7 heteroatoms. The van der Waals surface area contributed by atoms with E-state index in [0.29, 0.717) is 13.1 Å². The Hall–Kier alpha value is -2.02. The topological polar surface area (TPSA) is 72.7 Å². The third-order valence-electron chi connectivity index (χ3n) is 3.10. The summed E-state index contributed by atoms with van der Waals surface area (Å²) in [6.07, 6.45) is -0.184. The van der Waals surface area contributed by atoms with E-state index in [1.165, 1.54) is 6.07 Å². The number of nitro benzene ring substituents is 1. The van der Waals surface area contributed by atoms with Crippen molar-refractivity contribution in [2.24, 2.45) is 0 Å². The SMILES string of the molecule is CC1CN(C(=O)c2ccc([N+](=O)[O-])c(F)c2)CC(C)O1. The highest BCUT2D eigenvalue weighted by Crippen LogP contribution is 2.20. The van der Waals surface area contributed by atoms with E-state index in [2.05, 4.69) is 0 Å². The molecule has 2 rings (SSSR count). The average molecular weight is 282 g/mol. The van der Waals surface area contributed by atoms with E-state index in [1.807, 2.05) is 13.8 Å². The molecule has 2 unspecified atom stereocenters. The molecule has 20 heavy (non-hydrogen) atoms. The predicted octanol–water partition coefficient (Wildman–Crippen LogP) is 1.98. The average Bonchev–Trinajstić information content (AvgIpc) is 2.36.